The van der Waals surface area contributed by atoms with Crippen LogP contribution >= 0.6 is 11.3 Å². The summed E-state index contributed by atoms with van der Waals surface area (Å²) in [6, 6.07) is 25.0. The van der Waals surface area contributed by atoms with Crippen LogP contribution in [0.15, 0.2) is 84.4 Å². The molecule has 0 aliphatic carbocycles. The minimum absolute atomic E-state index is 0.137. The molecule has 0 fully saturated rings. The molecule has 3 heterocycles. The summed E-state index contributed by atoms with van der Waals surface area (Å²) < 4.78 is 1.15. The Hall–Kier alpha value is -4.00. The molecule has 0 spiro atoms. The summed E-state index contributed by atoms with van der Waals surface area (Å²) in [6.07, 6.45) is 3.16. The van der Waals surface area contributed by atoms with Gasteiger partial charge in [0, 0.05) is 46.2 Å². The largest absolute Gasteiger partial charge is 0.383 e. The molecule has 0 saturated heterocycles. The second kappa shape index (κ2) is 10.0. The van der Waals surface area contributed by atoms with Gasteiger partial charge in [0.15, 0.2) is 0 Å². The molecule has 2 aromatic heterocycles. The van der Waals surface area contributed by atoms with Gasteiger partial charge in [-0.3, -0.25) is 4.79 Å². The lowest BCUT2D eigenvalue weighted by Crippen LogP contribution is -2.30. The van der Waals surface area contributed by atoms with E-state index in [9.17, 15) is 4.79 Å². The average Bonchev–Trinajstić information content (AvgIpc) is 3.54. The number of pyridine rings is 1. The molecule has 2 N–H and O–H groups in total. The molecule has 38 heavy (non-hydrogen) atoms. The average molecular weight is 519 g/mol. The van der Waals surface area contributed by atoms with Crippen LogP contribution < -0.4 is 10.6 Å². The van der Waals surface area contributed by atoms with Gasteiger partial charge in [-0.15, -0.1) is 11.3 Å². The first-order valence-electron chi connectivity index (χ1n) is 12.9. The first-order valence-corrected chi connectivity index (χ1v) is 13.7. The quantitative estimate of drug-likeness (QED) is 0.282. The normalized spacial score (nSPS) is 12.9. The fraction of sp³-hybridized carbons (Fsp3) is 0.188. The van der Waals surface area contributed by atoms with E-state index in [2.05, 4.69) is 71.8 Å². The van der Waals surface area contributed by atoms with Gasteiger partial charge in [0.25, 0.3) is 0 Å². The molecule has 5 nitrogen and oxygen atoms in total. The third-order valence-electron chi connectivity index (χ3n) is 7.15. The molecule has 3 aromatic carbocycles. The van der Waals surface area contributed by atoms with E-state index in [0.717, 1.165) is 56.6 Å². The maximum absolute atomic E-state index is 13.1. The minimum Gasteiger partial charge on any atom is -0.383 e. The fourth-order valence-corrected chi connectivity index (χ4v) is 6.50. The second-order valence-corrected chi connectivity index (χ2v) is 11.0. The highest BCUT2D eigenvalue weighted by Gasteiger charge is 2.25. The maximum atomic E-state index is 13.1. The van der Waals surface area contributed by atoms with Crippen molar-refractivity contribution in [3.63, 3.8) is 0 Å². The monoisotopic (exact) mass is 518 g/mol. The number of anilines is 2. The number of amides is 1. The number of hydrogen-bond donors (Lipinski definition) is 1. The summed E-state index contributed by atoms with van der Waals surface area (Å²) in [5, 5.41) is 3.19. The molecule has 1 aliphatic heterocycles. The Morgan fingerprint density at radius 1 is 0.974 bits per heavy atom. The summed E-state index contributed by atoms with van der Waals surface area (Å²) in [5.74, 6) is 0.683. The van der Waals surface area contributed by atoms with E-state index in [-0.39, 0.29) is 5.91 Å². The third kappa shape index (κ3) is 4.57. The Morgan fingerprint density at radius 3 is 2.58 bits per heavy atom. The van der Waals surface area contributed by atoms with Gasteiger partial charge in [-0.1, -0.05) is 54.6 Å². The van der Waals surface area contributed by atoms with Crippen molar-refractivity contribution in [2.24, 2.45) is 0 Å². The first-order chi connectivity index (χ1) is 18.5. The smallest absolute Gasteiger partial charge is 0.231 e. The Kier molecular flexibility index (Phi) is 6.44. The van der Waals surface area contributed by atoms with Gasteiger partial charge >= 0.3 is 0 Å². The number of benzene rings is 3. The van der Waals surface area contributed by atoms with Crippen LogP contribution in [0.5, 0.6) is 0 Å². The van der Waals surface area contributed by atoms with E-state index in [0.29, 0.717) is 18.8 Å². The number of fused-ring (bicyclic) bond motifs is 2. The van der Waals surface area contributed by atoms with Gasteiger partial charge in [-0.2, -0.15) is 0 Å². The zero-order valence-electron chi connectivity index (χ0n) is 21.6. The van der Waals surface area contributed by atoms with E-state index < -0.39 is 0 Å². The standard InChI is InChI=1S/C32H30N4OS/c1-35(2)19-22-9-6-10-23(15-22)26-18-34-32(33)30-27(20-38-31(26)30)24-11-12-28-25(17-24)13-14-36(28)29(37)16-21-7-4-3-5-8-21/h3-12,15,17-18,20H,13-14,16,19H2,1-2H3,(H2,33,34). The van der Waals surface area contributed by atoms with Crippen LogP contribution in [0.2, 0.25) is 0 Å². The van der Waals surface area contributed by atoms with Crippen LogP contribution in [0, 0.1) is 0 Å². The highest BCUT2D eigenvalue weighted by atomic mass is 32.1. The van der Waals surface area contributed by atoms with Crippen molar-refractivity contribution in [2.45, 2.75) is 19.4 Å². The lowest BCUT2D eigenvalue weighted by molar-refractivity contribution is -0.117. The zero-order chi connectivity index (χ0) is 26.2. The molecule has 5 aromatic rings. The summed E-state index contributed by atoms with van der Waals surface area (Å²) in [7, 11) is 4.16. The topological polar surface area (TPSA) is 62.5 Å². The Balaban J connectivity index is 1.33. The van der Waals surface area contributed by atoms with Gasteiger partial charge in [0.05, 0.1) is 6.42 Å². The van der Waals surface area contributed by atoms with Crippen molar-refractivity contribution in [1.29, 1.82) is 0 Å². The summed E-state index contributed by atoms with van der Waals surface area (Å²) >= 11 is 1.71. The number of nitrogens with zero attached hydrogens (tertiary/aromatic N) is 3. The molecule has 6 rings (SSSR count). The Morgan fingerprint density at radius 2 is 1.76 bits per heavy atom. The summed E-state index contributed by atoms with van der Waals surface area (Å²) in [5.41, 5.74) is 15.4. The molecule has 0 unspecified atom stereocenters. The van der Waals surface area contributed by atoms with Crippen molar-refractivity contribution < 1.29 is 4.79 Å². The Labute approximate surface area is 227 Å². The molecule has 0 radical (unpaired) electrons. The lowest BCUT2D eigenvalue weighted by Gasteiger charge is -2.18. The highest BCUT2D eigenvalue weighted by Crippen LogP contribution is 2.43. The van der Waals surface area contributed by atoms with Crippen LogP contribution in [0.4, 0.5) is 11.5 Å². The number of carbonyl (C=O) groups is 1. The van der Waals surface area contributed by atoms with E-state index in [1.807, 2.05) is 41.4 Å². The van der Waals surface area contributed by atoms with Crippen LogP contribution in [-0.2, 0) is 24.2 Å². The van der Waals surface area contributed by atoms with E-state index in [4.69, 9.17) is 5.73 Å². The van der Waals surface area contributed by atoms with Crippen LogP contribution in [0.3, 0.4) is 0 Å². The molecular weight excluding hydrogens is 488 g/mol. The predicted octanol–water partition coefficient (Wildman–Crippen LogP) is 6.41. The molecular formula is C32H30N4OS. The number of hydrogen-bond acceptors (Lipinski definition) is 5. The number of carbonyl (C=O) groups excluding carboxylic acids is 1. The zero-order valence-corrected chi connectivity index (χ0v) is 22.5. The molecule has 1 amide bonds. The lowest BCUT2D eigenvalue weighted by atomic mass is 9.98. The third-order valence-corrected chi connectivity index (χ3v) is 8.16. The minimum atomic E-state index is 0.137. The second-order valence-electron chi connectivity index (χ2n) is 10.2. The number of nitrogen functional groups attached to an aromatic ring is 1. The van der Waals surface area contributed by atoms with Crippen molar-refractivity contribution in [3.8, 4) is 22.3 Å². The predicted molar refractivity (Wildman–Crippen MR) is 158 cm³/mol. The van der Waals surface area contributed by atoms with Crippen LogP contribution in [0.1, 0.15) is 16.7 Å². The summed E-state index contributed by atoms with van der Waals surface area (Å²) in [4.78, 5) is 21.8. The van der Waals surface area contributed by atoms with Crippen LogP contribution in [-0.4, -0.2) is 36.4 Å². The molecule has 0 bridgehead atoms. The number of thiophene rings is 1. The summed E-state index contributed by atoms with van der Waals surface area (Å²) in [6.45, 7) is 1.60. The van der Waals surface area contributed by atoms with Crippen molar-refractivity contribution in [2.75, 3.05) is 31.3 Å². The molecule has 1 aliphatic rings. The highest BCUT2D eigenvalue weighted by molar-refractivity contribution is 7.18. The fourth-order valence-electron chi connectivity index (χ4n) is 5.38. The van der Waals surface area contributed by atoms with E-state index >= 15 is 0 Å². The molecule has 0 atom stereocenters. The number of aromatic nitrogens is 1. The van der Waals surface area contributed by atoms with Gasteiger partial charge < -0.3 is 15.5 Å². The van der Waals surface area contributed by atoms with E-state index in [1.54, 1.807) is 11.3 Å². The van der Waals surface area contributed by atoms with Gasteiger partial charge in [0.1, 0.15) is 5.82 Å². The van der Waals surface area contributed by atoms with Crippen molar-refractivity contribution in [3.05, 3.63) is 101 Å². The van der Waals surface area contributed by atoms with E-state index in [1.165, 1.54) is 11.1 Å². The van der Waals surface area contributed by atoms with Crippen molar-refractivity contribution >= 4 is 38.8 Å². The maximum Gasteiger partial charge on any atom is 0.231 e. The molecule has 0 saturated carbocycles. The molecule has 190 valence electrons. The van der Waals surface area contributed by atoms with Gasteiger partial charge in [-0.25, -0.2) is 4.98 Å². The van der Waals surface area contributed by atoms with Gasteiger partial charge in [-0.05, 0) is 71.9 Å². The number of rotatable bonds is 6. The van der Waals surface area contributed by atoms with Gasteiger partial charge in [0.2, 0.25) is 5.91 Å². The van der Waals surface area contributed by atoms with Crippen LogP contribution in [0.25, 0.3) is 32.3 Å². The van der Waals surface area contributed by atoms with Crippen molar-refractivity contribution in [1.82, 2.24) is 9.88 Å². The Bertz CT molecular complexity index is 1640. The number of nitrogens with two attached hydrogens (primary N) is 1. The molecule has 6 heteroatoms. The SMILES string of the molecule is CN(C)Cc1cccc(-c2cnc(N)c3c(-c4ccc5c(c4)CCN5C(=O)Cc4ccccc4)csc23)c1. The first kappa shape index (κ1) is 24.3.